The largest absolute Gasteiger partial charge is 0.396 e. The van der Waals surface area contributed by atoms with Crippen molar-refractivity contribution >= 4 is 0 Å². The van der Waals surface area contributed by atoms with Crippen molar-refractivity contribution in [2.75, 3.05) is 19.8 Å². The van der Waals surface area contributed by atoms with Crippen LogP contribution in [0.15, 0.2) is 0 Å². The highest BCUT2D eigenvalue weighted by Crippen LogP contribution is 2.30. The van der Waals surface area contributed by atoms with Crippen LogP contribution >= 0.6 is 0 Å². The Morgan fingerprint density at radius 3 is 2.60 bits per heavy atom. The molecule has 0 aliphatic carbocycles. The molecule has 90 valence electrons. The minimum Gasteiger partial charge on any atom is -0.396 e. The van der Waals surface area contributed by atoms with Crippen molar-refractivity contribution in [3.63, 3.8) is 0 Å². The maximum atomic E-state index is 9.00. The summed E-state index contributed by atoms with van der Waals surface area (Å²) in [4.78, 5) is 0. The van der Waals surface area contributed by atoms with E-state index in [0.717, 1.165) is 37.4 Å². The predicted octanol–water partition coefficient (Wildman–Crippen LogP) is 2.70. The topological polar surface area (TPSA) is 29.5 Å². The average Bonchev–Trinajstić information content (AvgIpc) is 2.26. The minimum absolute atomic E-state index is 0.296. The van der Waals surface area contributed by atoms with E-state index >= 15 is 0 Å². The average molecular weight is 214 g/mol. The monoisotopic (exact) mass is 214 g/mol. The fourth-order valence-electron chi connectivity index (χ4n) is 2.54. The van der Waals surface area contributed by atoms with Gasteiger partial charge in [0.2, 0.25) is 0 Å². The zero-order valence-corrected chi connectivity index (χ0v) is 10.4. The second-order valence-electron chi connectivity index (χ2n) is 5.29. The molecular weight excluding hydrogens is 188 g/mol. The van der Waals surface area contributed by atoms with Gasteiger partial charge < -0.3 is 9.84 Å². The lowest BCUT2D eigenvalue weighted by Crippen LogP contribution is -2.19. The summed E-state index contributed by atoms with van der Waals surface area (Å²) in [6.45, 7) is 9.06. The molecule has 0 aromatic carbocycles. The first-order valence-electron chi connectivity index (χ1n) is 6.33. The first kappa shape index (κ1) is 13.0. The molecule has 0 bridgehead atoms. The van der Waals surface area contributed by atoms with E-state index in [1.807, 2.05) is 0 Å². The number of hydrogen-bond acceptors (Lipinski definition) is 2. The van der Waals surface area contributed by atoms with Gasteiger partial charge in [-0.1, -0.05) is 20.8 Å². The fourth-order valence-corrected chi connectivity index (χ4v) is 2.54. The summed E-state index contributed by atoms with van der Waals surface area (Å²) in [5.74, 6) is 2.83. The summed E-state index contributed by atoms with van der Waals surface area (Å²) in [7, 11) is 0. The van der Waals surface area contributed by atoms with Gasteiger partial charge in [-0.3, -0.25) is 0 Å². The van der Waals surface area contributed by atoms with Gasteiger partial charge in [0.25, 0.3) is 0 Å². The molecule has 1 N–H and O–H groups in total. The molecule has 15 heavy (non-hydrogen) atoms. The zero-order valence-electron chi connectivity index (χ0n) is 10.4. The third-order valence-electron chi connectivity index (χ3n) is 4.11. The molecule has 1 aliphatic rings. The Kier molecular flexibility index (Phi) is 5.62. The number of aliphatic hydroxyl groups excluding tert-OH is 1. The smallest absolute Gasteiger partial charge is 0.0495 e. The Labute approximate surface area is 94.0 Å². The lowest BCUT2D eigenvalue weighted by molar-refractivity contribution is 0.0817. The van der Waals surface area contributed by atoms with E-state index in [9.17, 15) is 0 Å². The molecule has 0 unspecified atom stereocenters. The first-order chi connectivity index (χ1) is 7.15. The lowest BCUT2D eigenvalue weighted by atomic mass is 9.79. The highest BCUT2D eigenvalue weighted by Gasteiger charge is 2.24. The number of rotatable bonds is 2. The maximum Gasteiger partial charge on any atom is 0.0495 e. The molecular formula is C13H26O2. The third-order valence-corrected chi connectivity index (χ3v) is 4.11. The molecule has 0 saturated carbocycles. The Morgan fingerprint density at radius 2 is 1.93 bits per heavy atom. The summed E-state index contributed by atoms with van der Waals surface area (Å²) in [5, 5.41) is 9.00. The van der Waals surface area contributed by atoms with Crippen molar-refractivity contribution in [1.82, 2.24) is 0 Å². The summed E-state index contributed by atoms with van der Waals surface area (Å²) < 4.78 is 5.68. The minimum atomic E-state index is 0.296. The van der Waals surface area contributed by atoms with Gasteiger partial charge in [-0.15, -0.1) is 0 Å². The van der Waals surface area contributed by atoms with E-state index in [4.69, 9.17) is 9.84 Å². The predicted molar refractivity (Wildman–Crippen MR) is 62.7 cm³/mol. The molecule has 4 atom stereocenters. The molecule has 0 radical (unpaired) electrons. The molecule has 0 spiro atoms. The van der Waals surface area contributed by atoms with E-state index < -0.39 is 0 Å². The van der Waals surface area contributed by atoms with Crippen molar-refractivity contribution in [3.05, 3.63) is 0 Å². The van der Waals surface area contributed by atoms with E-state index in [2.05, 4.69) is 20.8 Å². The summed E-state index contributed by atoms with van der Waals surface area (Å²) in [6.07, 6.45) is 3.27. The molecule has 0 aromatic heterocycles. The van der Waals surface area contributed by atoms with Gasteiger partial charge in [0, 0.05) is 19.8 Å². The summed E-state index contributed by atoms with van der Waals surface area (Å²) in [5.41, 5.74) is 0. The summed E-state index contributed by atoms with van der Waals surface area (Å²) in [6, 6.07) is 0. The second kappa shape index (κ2) is 6.49. The quantitative estimate of drug-likeness (QED) is 0.766. The molecule has 0 amide bonds. The van der Waals surface area contributed by atoms with E-state index in [1.54, 1.807) is 0 Å². The Morgan fingerprint density at radius 1 is 1.20 bits per heavy atom. The number of hydrogen-bond donors (Lipinski definition) is 1. The van der Waals surface area contributed by atoms with Crippen molar-refractivity contribution in [1.29, 1.82) is 0 Å². The maximum absolute atomic E-state index is 9.00. The molecule has 1 fully saturated rings. The number of aliphatic hydroxyl groups is 1. The molecule has 1 saturated heterocycles. The fraction of sp³-hybridized carbons (Fsp3) is 1.00. The lowest BCUT2D eigenvalue weighted by Gasteiger charge is -2.26. The highest BCUT2D eigenvalue weighted by molar-refractivity contribution is 4.73. The zero-order chi connectivity index (χ0) is 11.3. The first-order valence-corrected chi connectivity index (χ1v) is 6.33. The van der Waals surface area contributed by atoms with Crippen LogP contribution < -0.4 is 0 Å². The van der Waals surface area contributed by atoms with Gasteiger partial charge in [0.1, 0.15) is 0 Å². The van der Waals surface area contributed by atoms with Gasteiger partial charge in [-0.05, 0) is 42.9 Å². The van der Waals surface area contributed by atoms with Crippen LogP contribution in [-0.4, -0.2) is 24.9 Å². The van der Waals surface area contributed by atoms with Crippen LogP contribution in [0.25, 0.3) is 0 Å². The molecule has 1 aliphatic heterocycles. The molecule has 1 rings (SSSR count). The van der Waals surface area contributed by atoms with E-state index in [0.29, 0.717) is 12.5 Å². The van der Waals surface area contributed by atoms with Gasteiger partial charge in [-0.25, -0.2) is 0 Å². The SMILES string of the molecule is C[C@H]1[C@H](C)C[C@@H](CCO)COCC[C@@H]1C. The van der Waals surface area contributed by atoms with E-state index in [1.165, 1.54) is 12.8 Å². The summed E-state index contributed by atoms with van der Waals surface area (Å²) >= 11 is 0. The van der Waals surface area contributed by atoms with Crippen LogP contribution in [0.4, 0.5) is 0 Å². The van der Waals surface area contributed by atoms with Crippen molar-refractivity contribution in [2.45, 2.75) is 40.0 Å². The van der Waals surface area contributed by atoms with Crippen LogP contribution in [0.2, 0.25) is 0 Å². The molecule has 1 heterocycles. The second-order valence-corrected chi connectivity index (χ2v) is 5.29. The van der Waals surface area contributed by atoms with Gasteiger partial charge >= 0.3 is 0 Å². The van der Waals surface area contributed by atoms with Crippen LogP contribution in [-0.2, 0) is 4.74 Å². The molecule has 2 nitrogen and oxygen atoms in total. The van der Waals surface area contributed by atoms with Gasteiger partial charge in [0.05, 0.1) is 0 Å². The van der Waals surface area contributed by atoms with Crippen molar-refractivity contribution < 1.29 is 9.84 Å². The van der Waals surface area contributed by atoms with Crippen LogP contribution in [0.1, 0.15) is 40.0 Å². The van der Waals surface area contributed by atoms with Crippen molar-refractivity contribution in [3.8, 4) is 0 Å². The Hall–Kier alpha value is -0.0800. The molecule has 2 heteroatoms. The normalized spacial score (nSPS) is 39.2. The van der Waals surface area contributed by atoms with Crippen molar-refractivity contribution in [2.24, 2.45) is 23.7 Å². The standard InChI is InChI=1S/C13H26O2/c1-10-5-7-15-9-13(4-6-14)8-11(2)12(10)3/h10-14H,4-9H2,1-3H3/t10-,11+,12+,13+/m0/s1. The van der Waals surface area contributed by atoms with Crippen LogP contribution in [0.5, 0.6) is 0 Å². The Balaban J connectivity index is 2.53. The van der Waals surface area contributed by atoms with Crippen LogP contribution in [0, 0.1) is 23.7 Å². The van der Waals surface area contributed by atoms with Gasteiger partial charge in [0.15, 0.2) is 0 Å². The Bertz CT molecular complexity index is 170. The molecule has 0 aromatic rings. The highest BCUT2D eigenvalue weighted by atomic mass is 16.5. The number of ether oxygens (including phenoxy) is 1. The third kappa shape index (κ3) is 4.12. The van der Waals surface area contributed by atoms with Crippen LogP contribution in [0.3, 0.4) is 0 Å². The van der Waals surface area contributed by atoms with E-state index in [-0.39, 0.29) is 0 Å². The van der Waals surface area contributed by atoms with Gasteiger partial charge in [-0.2, -0.15) is 0 Å².